The Labute approximate surface area is 194 Å². The van der Waals surface area contributed by atoms with Gasteiger partial charge in [0.2, 0.25) is 11.8 Å². The van der Waals surface area contributed by atoms with Gasteiger partial charge in [0, 0.05) is 12.1 Å². The van der Waals surface area contributed by atoms with Crippen LogP contribution in [-0.2, 0) is 23.1 Å². The number of thioether (sulfide) groups is 1. The van der Waals surface area contributed by atoms with Gasteiger partial charge in [-0.15, -0.1) is 10.2 Å². The molecule has 168 valence electrons. The van der Waals surface area contributed by atoms with Crippen LogP contribution in [0.25, 0.3) is 0 Å². The number of hydrogen-bond acceptors (Lipinski definition) is 7. The molecule has 1 aromatic heterocycles. The molecule has 0 saturated heterocycles. The highest BCUT2D eigenvalue weighted by Crippen LogP contribution is 2.28. The highest BCUT2D eigenvalue weighted by atomic mass is 35.5. The molecule has 0 saturated carbocycles. The highest BCUT2D eigenvalue weighted by molar-refractivity contribution is 7.99. The fraction of sp³-hybridized carbons (Fsp3) is 0.238. The summed E-state index contributed by atoms with van der Waals surface area (Å²) in [7, 11) is 4.79. The van der Waals surface area contributed by atoms with Crippen molar-refractivity contribution in [3.63, 3.8) is 0 Å². The molecule has 0 aliphatic carbocycles. The second-order valence-corrected chi connectivity index (χ2v) is 7.94. The van der Waals surface area contributed by atoms with E-state index in [1.807, 2.05) is 6.07 Å². The van der Waals surface area contributed by atoms with E-state index < -0.39 is 0 Å². The molecule has 2 aromatic carbocycles. The number of ether oxygens (including phenoxy) is 2. The number of para-hydroxylation sites is 2. The smallest absolute Gasteiger partial charge is 0.234 e. The number of benzene rings is 2. The van der Waals surface area contributed by atoms with Crippen LogP contribution in [0.1, 0.15) is 5.82 Å². The van der Waals surface area contributed by atoms with Gasteiger partial charge in [0.1, 0.15) is 17.3 Å². The number of aromatic nitrogens is 3. The van der Waals surface area contributed by atoms with Crippen LogP contribution < -0.4 is 20.1 Å². The van der Waals surface area contributed by atoms with Crippen LogP contribution in [0.2, 0.25) is 5.02 Å². The molecular weight excluding hydrogens is 454 g/mol. The van der Waals surface area contributed by atoms with Gasteiger partial charge in [-0.2, -0.15) is 0 Å². The van der Waals surface area contributed by atoms with E-state index in [9.17, 15) is 9.59 Å². The quantitative estimate of drug-likeness (QED) is 0.457. The van der Waals surface area contributed by atoms with Gasteiger partial charge >= 0.3 is 0 Å². The van der Waals surface area contributed by atoms with Crippen LogP contribution in [0, 0.1) is 0 Å². The number of carbonyl (C=O) groups excluding carboxylic acids is 2. The molecule has 2 N–H and O–H groups in total. The number of carbonyl (C=O) groups is 2. The normalized spacial score (nSPS) is 10.5. The molecule has 0 bridgehead atoms. The first kappa shape index (κ1) is 23.4. The van der Waals surface area contributed by atoms with Crippen LogP contribution in [0.4, 0.5) is 11.4 Å². The third-order valence-electron chi connectivity index (χ3n) is 4.39. The third-order valence-corrected chi connectivity index (χ3v) is 5.65. The minimum Gasteiger partial charge on any atom is -0.495 e. The summed E-state index contributed by atoms with van der Waals surface area (Å²) in [5, 5.41) is 14.7. The lowest BCUT2D eigenvalue weighted by Crippen LogP contribution is -2.17. The summed E-state index contributed by atoms with van der Waals surface area (Å²) in [4.78, 5) is 24.8. The molecule has 1 heterocycles. The summed E-state index contributed by atoms with van der Waals surface area (Å²) in [5.74, 6) is 1.13. The van der Waals surface area contributed by atoms with Crippen molar-refractivity contribution >= 4 is 46.6 Å². The van der Waals surface area contributed by atoms with Crippen LogP contribution in [0.3, 0.4) is 0 Å². The van der Waals surface area contributed by atoms with Gasteiger partial charge in [-0.05, 0) is 30.3 Å². The average Bonchev–Trinajstić information content (AvgIpc) is 3.12. The zero-order chi connectivity index (χ0) is 23.1. The lowest BCUT2D eigenvalue weighted by Gasteiger charge is -2.10. The first-order valence-electron chi connectivity index (χ1n) is 9.48. The predicted molar refractivity (Wildman–Crippen MR) is 124 cm³/mol. The van der Waals surface area contributed by atoms with E-state index in [0.29, 0.717) is 38.9 Å². The molecule has 11 heteroatoms. The van der Waals surface area contributed by atoms with E-state index >= 15 is 0 Å². The van der Waals surface area contributed by atoms with Crippen molar-refractivity contribution in [2.45, 2.75) is 11.6 Å². The molecule has 3 aromatic rings. The van der Waals surface area contributed by atoms with Crippen molar-refractivity contribution in [2.24, 2.45) is 7.05 Å². The molecule has 2 amide bonds. The Balaban J connectivity index is 1.57. The summed E-state index contributed by atoms with van der Waals surface area (Å²) >= 11 is 7.19. The maximum atomic E-state index is 12.4. The number of halogens is 1. The maximum Gasteiger partial charge on any atom is 0.234 e. The molecule has 3 rings (SSSR count). The number of rotatable bonds is 9. The number of anilines is 2. The standard InChI is InChI=1S/C21H22ClN5O4S/c1-27-18(11-19(28)23-14-6-4-5-7-16(14)30-2)25-26-21(27)32-12-20(29)24-15-10-13(22)8-9-17(15)31-3/h4-10H,11-12H2,1-3H3,(H,23,28)(H,24,29). The van der Waals surface area contributed by atoms with Crippen molar-refractivity contribution in [3.8, 4) is 11.5 Å². The van der Waals surface area contributed by atoms with Crippen molar-refractivity contribution in [2.75, 3.05) is 30.6 Å². The first-order valence-corrected chi connectivity index (χ1v) is 10.8. The maximum absolute atomic E-state index is 12.4. The first-order chi connectivity index (χ1) is 15.4. The van der Waals surface area contributed by atoms with Gasteiger partial charge in [-0.3, -0.25) is 9.59 Å². The van der Waals surface area contributed by atoms with Crippen molar-refractivity contribution in [1.29, 1.82) is 0 Å². The summed E-state index contributed by atoms with van der Waals surface area (Å²) in [6, 6.07) is 12.1. The van der Waals surface area contributed by atoms with E-state index in [2.05, 4.69) is 20.8 Å². The number of methoxy groups -OCH3 is 2. The van der Waals surface area contributed by atoms with Gasteiger partial charge in [0.15, 0.2) is 5.16 Å². The Bertz CT molecular complexity index is 1120. The Hall–Kier alpha value is -3.24. The van der Waals surface area contributed by atoms with Gasteiger partial charge in [-0.1, -0.05) is 35.5 Å². The molecule has 32 heavy (non-hydrogen) atoms. The molecule has 9 nitrogen and oxygen atoms in total. The fourth-order valence-electron chi connectivity index (χ4n) is 2.80. The number of nitrogens with zero attached hydrogens (tertiary/aromatic N) is 3. The van der Waals surface area contributed by atoms with Crippen LogP contribution in [-0.4, -0.2) is 46.6 Å². The van der Waals surface area contributed by atoms with Crippen LogP contribution in [0.5, 0.6) is 11.5 Å². The fourth-order valence-corrected chi connectivity index (χ4v) is 3.71. The second kappa shape index (κ2) is 10.9. The average molecular weight is 476 g/mol. The predicted octanol–water partition coefficient (Wildman–Crippen LogP) is 3.40. The molecule has 0 unspecified atom stereocenters. The zero-order valence-corrected chi connectivity index (χ0v) is 19.3. The molecule has 0 spiro atoms. The van der Waals surface area contributed by atoms with Gasteiger partial charge in [0.25, 0.3) is 0 Å². The zero-order valence-electron chi connectivity index (χ0n) is 17.7. The monoisotopic (exact) mass is 475 g/mol. The summed E-state index contributed by atoms with van der Waals surface area (Å²) < 4.78 is 12.1. The number of hydrogen-bond donors (Lipinski definition) is 2. The van der Waals surface area contributed by atoms with Crippen molar-refractivity contribution in [3.05, 3.63) is 53.3 Å². The lowest BCUT2D eigenvalue weighted by molar-refractivity contribution is -0.116. The summed E-state index contributed by atoms with van der Waals surface area (Å²) in [5.41, 5.74) is 1.06. The minimum atomic E-state index is -0.257. The summed E-state index contributed by atoms with van der Waals surface area (Å²) in [6.45, 7) is 0. The van der Waals surface area contributed by atoms with E-state index in [0.717, 1.165) is 0 Å². The molecule has 0 atom stereocenters. The Kier molecular flexibility index (Phi) is 7.96. The lowest BCUT2D eigenvalue weighted by atomic mass is 10.2. The molecule has 0 aliphatic heterocycles. The Morgan fingerprint density at radius 2 is 1.69 bits per heavy atom. The Morgan fingerprint density at radius 1 is 1.00 bits per heavy atom. The van der Waals surface area contributed by atoms with Crippen molar-refractivity contribution < 1.29 is 19.1 Å². The van der Waals surface area contributed by atoms with E-state index in [1.165, 1.54) is 26.0 Å². The van der Waals surface area contributed by atoms with Gasteiger partial charge < -0.3 is 24.7 Å². The van der Waals surface area contributed by atoms with Gasteiger partial charge in [0.05, 0.1) is 37.8 Å². The summed E-state index contributed by atoms with van der Waals surface area (Å²) in [6.07, 6.45) is 0.0218. The van der Waals surface area contributed by atoms with Crippen LogP contribution in [0.15, 0.2) is 47.6 Å². The topological polar surface area (TPSA) is 107 Å². The van der Waals surface area contributed by atoms with Gasteiger partial charge in [-0.25, -0.2) is 0 Å². The number of nitrogens with one attached hydrogen (secondary N) is 2. The number of amides is 2. The highest BCUT2D eigenvalue weighted by Gasteiger charge is 2.16. The van der Waals surface area contributed by atoms with E-state index in [4.69, 9.17) is 21.1 Å². The molecule has 0 aliphatic rings. The molecular formula is C21H22ClN5O4S. The molecule has 0 fully saturated rings. The third kappa shape index (κ3) is 5.92. The van der Waals surface area contributed by atoms with Crippen molar-refractivity contribution in [1.82, 2.24) is 14.8 Å². The van der Waals surface area contributed by atoms with Crippen LogP contribution >= 0.6 is 23.4 Å². The second-order valence-electron chi connectivity index (χ2n) is 6.56. The van der Waals surface area contributed by atoms with E-state index in [-0.39, 0.29) is 24.0 Å². The Morgan fingerprint density at radius 3 is 2.44 bits per heavy atom. The molecule has 0 radical (unpaired) electrons. The SMILES string of the molecule is COc1ccc(Cl)cc1NC(=O)CSc1nnc(CC(=O)Nc2ccccc2OC)n1C. The van der Waals surface area contributed by atoms with E-state index in [1.54, 1.807) is 48.0 Å². The minimum absolute atomic E-state index is 0.0218. The largest absolute Gasteiger partial charge is 0.495 e.